The van der Waals surface area contributed by atoms with Crippen LogP contribution in [0.5, 0.6) is 5.75 Å². The van der Waals surface area contributed by atoms with E-state index in [9.17, 15) is 19.2 Å². The fourth-order valence-electron chi connectivity index (χ4n) is 2.54. The van der Waals surface area contributed by atoms with Crippen LogP contribution in [0.4, 0.5) is 0 Å². The largest absolute Gasteiger partial charge is 0.448 e. The number of benzene rings is 1. The van der Waals surface area contributed by atoms with E-state index >= 15 is 0 Å². The number of rotatable bonds is 6. The molecule has 0 unspecified atom stereocenters. The zero-order valence-corrected chi connectivity index (χ0v) is 15.3. The predicted molar refractivity (Wildman–Crippen MR) is 92.8 cm³/mol. The van der Waals surface area contributed by atoms with E-state index in [4.69, 9.17) is 19.9 Å². The van der Waals surface area contributed by atoms with Crippen molar-refractivity contribution in [3.05, 3.63) is 40.6 Å². The summed E-state index contributed by atoms with van der Waals surface area (Å²) in [6, 6.07) is 6.02. The Morgan fingerprint density at radius 3 is 2.44 bits per heavy atom. The van der Waals surface area contributed by atoms with Crippen molar-refractivity contribution >= 4 is 35.5 Å². The zero-order chi connectivity index (χ0) is 19.7. The number of hydrogen-bond donors (Lipinski definition) is 1. The number of esters is 2. The van der Waals surface area contributed by atoms with Crippen LogP contribution in [0.2, 0.25) is 0 Å². The van der Waals surface area contributed by atoms with Gasteiger partial charge in [-0.3, -0.25) is 19.3 Å². The van der Waals surface area contributed by atoms with Gasteiger partial charge in [0.05, 0.1) is 11.8 Å². The molecule has 0 saturated carbocycles. The monoisotopic (exact) mass is 392 g/mol. The number of thioether (sulfide) groups is 1. The van der Waals surface area contributed by atoms with E-state index in [1.54, 1.807) is 0 Å². The first-order chi connectivity index (χ1) is 12.8. The Bertz CT molecular complexity index is 849. The Hall–Kier alpha value is -3.01. The Kier molecular flexibility index (Phi) is 5.08. The lowest BCUT2D eigenvalue weighted by Gasteiger charge is -2.33. The van der Waals surface area contributed by atoms with Gasteiger partial charge >= 0.3 is 11.9 Å². The topological polar surface area (TPSA) is 125 Å². The highest BCUT2D eigenvalue weighted by atomic mass is 32.2. The number of fused-ring (bicyclic) bond motifs is 1. The molecule has 3 rings (SSSR count). The summed E-state index contributed by atoms with van der Waals surface area (Å²) in [5, 5.41) is -0.0540. The summed E-state index contributed by atoms with van der Waals surface area (Å²) >= 11 is 1.21. The number of hydrogen-bond acceptors (Lipinski definition) is 8. The van der Waals surface area contributed by atoms with E-state index < -0.39 is 24.1 Å². The Morgan fingerprint density at radius 2 is 1.89 bits per heavy atom. The number of nitrogens with two attached hydrogens (primary N) is 1. The van der Waals surface area contributed by atoms with Crippen molar-refractivity contribution in [2.45, 2.75) is 31.9 Å². The highest BCUT2D eigenvalue weighted by Gasteiger charge is 2.50. The minimum Gasteiger partial charge on any atom is -0.448 e. The van der Waals surface area contributed by atoms with Gasteiger partial charge in [0.15, 0.2) is 10.8 Å². The molecule has 0 aromatic heterocycles. The number of nitrogens with zero attached hydrogens (tertiary/aromatic N) is 1. The van der Waals surface area contributed by atoms with Gasteiger partial charge in [-0.05, 0) is 24.3 Å². The molecule has 1 saturated heterocycles. The molecule has 0 spiro atoms. The molecule has 0 bridgehead atoms. The van der Waals surface area contributed by atoms with Gasteiger partial charge in [-0.2, -0.15) is 0 Å². The van der Waals surface area contributed by atoms with Crippen LogP contribution in [0.15, 0.2) is 35.1 Å². The van der Waals surface area contributed by atoms with Crippen LogP contribution in [0, 0.1) is 0 Å². The van der Waals surface area contributed by atoms with Crippen LogP contribution in [0.1, 0.15) is 30.6 Å². The number of ether oxygens (including phenoxy) is 3. The normalized spacial score (nSPS) is 19.1. The first-order valence-corrected chi connectivity index (χ1v) is 8.83. The average molecular weight is 392 g/mol. The van der Waals surface area contributed by atoms with Crippen LogP contribution in [0.3, 0.4) is 0 Å². The molecule has 10 heteroatoms. The van der Waals surface area contributed by atoms with Crippen molar-refractivity contribution in [1.82, 2.24) is 4.90 Å². The second kappa shape index (κ2) is 7.31. The second-order valence-electron chi connectivity index (χ2n) is 5.75. The molecule has 2 amide bonds. The van der Waals surface area contributed by atoms with Crippen molar-refractivity contribution in [2.24, 2.45) is 5.73 Å². The van der Waals surface area contributed by atoms with Crippen LogP contribution in [0.25, 0.3) is 0 Å². The molecular weight excluding hydrogens is 376 g/mol. The van der Waals surface area contributed by atoms with E-state index in [2.05, 4.69) is 0 Å². The SMILES string of the molecule is CC(=O)O[C@@H](C)OC(=O)C1=C(Oc2ccc(C(N)=O)cc2)S[C@@H]2CC(=O)N12. The molecule has 27 heavy (non-hydrogen) atoms. The molecular formula is C17H16N2O7S. The van der Waals surface area contributed by atoms with E-state index in [0.29, 0.717) is 11.3 Å². The molecule has 1 aromatic rings. The highest BCUT2D eigenvalue weighted by Crippen LogP contribution is 2.47. The van der Waals surface area contributed by atoms with Crippen molar-refractivity contribution in [1.29, 1.82) is 0 Å². The smallest absolute Gasteiger partial charge is 0.362 e. The van der Waals surface area contributed by atoms with E-state index in [0.717, 1.165) is 0 Å². The minimum atomic E-state index is -1.11. The maximum atomic E-state index is 12.5. The lowest BCUT2D eigenvalue weighted by molar-refractivity contribution is -0.182. The van der Waals surface area contributed by atoms with Crippen LogP contribution in [-0.2, 0) is 23.9 Å². The van der Waals surface area contributed by atoms with Crippen molar-refractivity contribution in [3.63, 3.8) is 0 Å². The van der Waals surface area contributed by atoms with Crippen LogP contribution >= 0.6 is 11.8 Å². The number of β-lactam (4-membered cyclic amide) rings is 1. The summed E-state index contributed by atoms with van der Waals surface area (Å²) in [7, 11) is 0. The second-order valence-corrected chi connectivity index (χ2v) is 6.90. The standard InChI is InChI=1S/C17H16N2O7S/c1-8(20)24-9(2)25-16(23)14-17(27-13-7-12(21)19(13)14)26-11-5-3-10(4-6-11)15(18)22/h3-6,9,13H,7H2,1-2H3,(H2,18,22)/t9-,13-/m1/s1. The molecule has 0 radical (unpaired) electrons. The van der Waals surface area contributed by atoms with Gasteiger partial charge in [0.2, 0.25) is 18.1 Å². The van der Waals surface area contributed by atoms with Gasteiger partial charge in [0.25, 0.3) is 0 Å². The van der Waals surface area contributed by atoms with Crippen molar-refractivity contribution < 1.29 is 33.4 Å². The lowest BCUT2D eigenvalue weighted by atomic mass is 10.2. The first kappa shape index (κ1) is 18.8. The highest BCUT2D eigenvalue weighted by molar-refractivity contribution is 8.03. The van der Waals surface area contributed by atoms with Gasteiger partial charge < -0.3 is 19.9 Å². The summed E-state index contributed by atoms with van der Waals surface area (Å²) in [5.41, 5.74) is 5.46. The van der Waals surface area contributed by atoms with Crippen molar-refractivity contribution in [2.75, 3.05) is 0 Å². The molecule has 142 valence electrons. The quantitative estimate of drug-likeness (QED) is 0.433. The molecule has 9 nitrogen and oxygen atoms in total. The number of primary amides is 1. The molecule has 2 heterocycles. The zero-order valence-electron chi connectivity index (χ0n) is 14.5. The average Bonchev–Trinajstić information content (AvgIpc) is 2.86. The number of amides is 2. The number of carbonyl (C=O) groups excluding carboxylic acids is 4. The predicted octanol–water partition coefficient (Wildman–Crippen LogP) is 1.09. The van der Waals surface area contributed by atoms with E-state index in [1.807, 2.05) is 0 Å². The summed E-state index contributed by atoms with van der Waals surface area (Å²) in [5.74, 6) is -1.89. The minimum absolute atomic E-state index is 0.0424. The Labute approximate surface area is 158 Å². The fraction of sp³-hybridized carbons (Fsp3) is 0.294. The van der Waals surface area contributed by atoms with Crippen LogP contribution < -0.4 is 10.5 Å². The third-order valence-corrected chi connectivity index (χ3v) is 4.87. The fourth-order valence-corrected chi connectivity index (χ4v) is 3.78. The summed E-state index contributed by atoms with van der Waals surface area (Å²) < 4.78 is 15.6. The number of carbonyl (C=O) groups is 4. The van der Waals surface area contributed by atoms with Crippen molar-refractivity contribution in [3.8, 4) is 5.75 Å². The maximum Gasteiger partial charge on any atom is 0.362 e. The lowest BCUT2D eigenvalue weighted by Crippen LogP contribution is -2.49. The van der Waals surface area contributed by atoms with E-state index in [-0.39, 0.29) is 28.5 Å². The summed E-state index contributed by atoms with van der Waals surface area (Å²) in [4.78, 5) is 47.8. The molecule has 0 aliphatic carbocycles. The van der Waals surface area contributed by atoms with Gasteiger partial charge in [0.1, 0.15) is 5.75 Å². The molecule has 1 fully saturated rings. The molecule has 2 atom stereocenters. The summed E-state index contributed by atoms with van der Waals surface area (Å²) in [6.07, 6.45) is -0.840. The van der Waals surface area contributed by atoms with Gasteiger partial charge in [-0.1, -0.05) is 11.8 Å². The third kappa shape index (κ3) is 3.90. The maximum absolute atomic E-state index is 12.5. The molecule has 2 N–H and O–H groups in total. The first-order valence-electron chi connectivity index (χ1n) is 7.95. The van der Waals surface area contributed by atoms with E-state index in [1.165, 1.54) is 54.8 Å². The summed E-state index contributed by atoms with van der Waals surface area (Å²) in [6.45, 7) is 2.58. The third-order valence-electron chi connectivity index (χ3n) is 3.73. The van der Waals surface area contributed by atoms with Gasteiger partial charge in [-0.25, -0.2) is 4.79 Å². The van der Waals surface area contributed by atoms with Gasteiger partial charge in [-0.15, -0.1) is 0 Å². The molecule has 2 aliphatic rings. The van der Waals surface area contributed by atoms with Gasteiger partial charge in [0, 0.05) is 19.4 Å². The van der Waals surface area contributed by atoms with Crippen LogP contribution in [-0.4, -0.2) is 40.3 Å². The molecule has 2 aliphatic heterocycles. The Morgan fingerprint density at radius 1 is 1.22 bits per heavy atom. The Balaban J connectivity index is 1.81. The molecule has 1 aromatic carbocycles.